The van der Waals surface area contributed by atoms with Crippen LogP contribution in [0.4, 0.5) is 0 Å². The molecule has 1 aromatic carbocycles. The van der Waals surface area contributed by atoms with Gasteiger partial charge in [0.2, 0.25) is 0 Å². The summed E-state index contributed by atoms with van der Waals surface area (Å²) in [6.45, 7) is 11.3. The van der Waals surface area contributed by atoms with Gasteiger partial charge < -0.3 is 14.8 Å². The number of rotatable bonds is 9. The maximum absolute atomic E-state index is 12.1. The van der Waals surface area contributed by atoms with Crippen LogP contribution in [0.5, 0.6) is 5.75 Å². The summed E-state index contributed by atoms with van der Waals surface area (Å²) in [5.41, 5.74) is 1.71. The lowest BCUT2D eigenvalue weighted by Crippen LogP contribution is -2.30. The van der Waals surface area contributed by atoms with E-state index in [0.717, 1.165) is 23.3 Å². The van der Waals surface area contributed by atoms with Crippen molar-refractivity contribution in [3.8, 4) is 5.75 Å². The van der Waals surface area contributed by atoms with Crippen LogP contribution >= 0.6 is 0 Å². The lowest BCUT2D eigenvalue weighted by atomic mass is 10.0. The third-order valence-corrected chi connectivity index (χ3v) is 2.94. The Kier molecular flexibility index (Phi) is 7.54. The third kappa shape index (κ3) is 4.90. The summed E-state index contributed by atoms with van der Waals surface area (Å²) in [5, 5.41) is 2.80. The second-order valence-corrected chi connectivity index (χ2v) is 4.58. The summed E-state index contributed by atoms with van der Waals surface area (Å²) in [6, 6.07) is 5.65. The molecule has 118 valence electrons. The highest BCUT2D eigenvalue weighted by Crippen LogP contribution is 2.27. The molecule has 0 fully saturated rings. The van der Waals surface area contributed by atoms with E-state index in [0.29, 0.717) is 19.8 Å². The fourth-order valence-corrected chi connectivity index (χ4v) is 1.98. The van der Waals surface area contributed by atoms with Gasteiger partial charge in [0.1, 0.15) is 5.75 Å². The molecule has 4 heteroatoms. The summed E-state index contributed by atoms with van der Waals surface area (Å²) < 4.78 is 11.3. The molecule has 0 aromatic heterocycles. The van der Waals surface area contributed by atoms with E-state index >= 15 is 0 Å². The van der Waals surface area contributed by atoms with Crippen molar-refractivity contribution in [3.05, 3.63) is 35.9 Å². The van der Waals surface area contributed by atoms with Crippen LogP contribution in [0.3, 0.4) is 0 Å². The number of hydrogen-bond donors (Lipinski definition) is 1. The van der Waals surface area contributed by atoms with Crippen LogP contribution in [0.15, 0.2) is 24.8 Å². The lowest BCUT2D eigenvalue weighted by molar-refractivity contribution is -0.132. The average Bonchev–Trinajstić information content (AvgIpc) is 2.50. The molecular formula is C17H27NO3. The Labute approximate surface area is 128 Å². The highest BCUT2D eigenvalue weighted by atomic mass is 16.5. The molecule has 1 atom stereocenters. The molecule has 0 saturated carbocycles. The molecule has 0 aliphatic carbocycles. The SMILES string of the molecule is C=Cc1ccc(C(OCC)C(=O)NCC)cc1OCCC.[HH]. The summed E-state index contributed by atoms with van der Waals surface area (Å²) in [6.07, 6.45) is 2.06. The fourth-order valence-electron chi connectivity index (χ4n) is 1.98. The van der Waals surface area contributed by atoms with Gasteiger partial charge in [-0.25, -0.2) is 0 Å². The molecule has 0 bridgehead atoms. The Hall–Kier alpha value is -1.81. The van der Waals surface area contributed by atoms with Gasteiger partial charge in [-0.2, -0.15) is 0 Å². The summed E-state index contributed by atoms with van der Waals surface area (Å²) >= 11 is 0. The van der Waals surface area contributed by atoms with Gasteiger partial charge in [0.15, 0.2) is 6.10 Å². The first-order chi connectivity index (χ1) is 10.2. The van der Waals surface area contributed by atoms with Gasteiger partial charge in [-0.15, -0.1) is 0 Å². The Morgan fingerprint density at radius 2 is 2.19 bits per heavy atom. The van der Waals surface area contributed by atoms with E-state index in [2.05, 4.69) is 18.8 Å². The normalized spacial score (nSPS) is 11.8. The first kappa shape index (κ1) is 17.2. The minimum Gasteiger partial charge on any atom is -0.493 e. The van der Waals surface area contributed by atoms with E-state index in [1.807, 2.05) is 32.0 Å². The molecule has 0 aliphatic rings. The van der Waals surface area contributed by atoms with Crippen LogP contribution in [0.1, 0.15) is 45.8 Å². The van der Waals surface area contributed by atoms with Crippen LogP contribution in [-0.4, -0.2) is 25.7 Å². The molecule has 0 radical (unpaired) electrons. The minimum absolute atomic E-state index is 0. The largest absolute Gasteiger partial charge is 0.493 e. The maximum Gasteiger partial charge on any atom is 0.253 e. The minimum atomic E-state index is -0.613. The molecule has 1 aromatic rings. The predicted molar refractivity (Wildman–Crippen MR) is 87.5 cm³/mol. The smallest absolute Gasteiger partial charge is 0.253 e. The van der Waals surface area contributed by atoms with Crippen molar-refractivity contribution in [2.75, 3.05) is 19.8 Å². The summed E-state index contributed by atoms with van der Waals surface area (Å²) in [5.74, 6) is 0.602. The quantitative estimate of drug-likeness (QED) is 0.757. The predicted octanol–water partition coefficient (Wildman–Crippen LogP) is 3.58. The number of likely N-dealkylation sites (N-methyl/N-ethyl adjacent to an activating group) is 1. The summed E-state index contributed by atoms with van der Waals surface area (Å²) in [7, 11) is 0. The summed E-state index contributed by atoms with van der Waals surface area (Å²) in [4.78, 5) is 12.1. The molecule has 0 heterocycles. The van der Waals surface area contributed by atoms with Gasteiger partial charge in [0.05, 0.1) is 6.61 Å². The van der Waals surface area contributed by atoms with E-state index in [4.69, 9.17) is 9.47 Å². The second-order valence-electron chi connectivity index (χ2n) is 4.58. The first-order valence-corrected chi connectivity index (χ1v) is 7.46. The Morgan fingerprint density at radius 3 is 2.76 bits per heavy atom. The highest BCUT2D eigenvalue weighted by Gasteiger charge is 2.21. The molecule has 0 spiro atoms. The third-order valence-electron chi connectivity index (χ3n) is 2.94. The van der Waals surface area contributed by atoms with Crippen molar-refractivity contribution >= 4 is 12.0 Å². The number of amides is 1. The number of carbonyl (C=O) groups is 1. The molecule has 1 rings (SSSR count). The molecule has 21 heavy (non-hydrogen) atoms. The van der Waals surface area contributed by atoms with Gasteiger partial charge in [0, 0.05) is 20.1 Å². The number of hydrogen-bond acceptors (Lipinski definition) is 3. The maximum atomic E-state index is 12.1. The number of nitrogens with one attached hydrogen (secondary N) is 1. The Balaban J connectivity index is 0.00000441. The van der Waals surface area contributed by atoms with Gasteiger partial charge in [0.25, 0.3) is 5.91 Å². The van der Waals surface area contributed by atoms with Crippen LogP contribution < -0.4 is 10.1 Å². The molecular weight excluding hydrogens is 266 g/mol. The van der Waals surface area contributed by atoms with Crippen LogP contribution in [-0.2, 0) is 9.53 Å². The van der Waals surface area contributed by atoms with Crippen LogP contribution in [0, 0.1) is 0 Å². The van der Waals surface area contributed by atoms with Crippen molar-refractivity contribution in [2.24, 2.45) is 0 Å². The molecule has 4 nitrogen and oxygen atoms in total. The lowest BCUT2D eigenvalue weighted by Gasteiger charge is -2.18. The molecule has 1 N–H and O–H groups in total. The van der Waals surface area contributed by atoms with Crippen molar-refractivity contribution in [3.63, 3.8) is 0 Å². The van der Waals surface area contributed by atoms with E-state index in [-0.39, 0.29) is 7.33 Å². The standard InChI is InChI=1S/C17H25NO3.H2/c1-5-11-21-15-12-14(10-9-13(15)6-2)16(20-8-4)17(19)18-7-3;/h6,9-10,12,16H,2,5,7-8,11H2,1,3-4H3,(H,18,19);1H. The van der Waals surface area contributed by atoms with E-state index in [1.165, 1.54) is 0 Å². The van der Waals surface area contributed by atoms with Crippen molar-refractivity contribution in [1.29, 1.82) is 0 Å². The van der Waals surface area contributed by atoms with Gasteiger partial charge >= 0.3 is 0 Å². The zero-order valence-electron chi connectivity index (χ0n) is 13.1. The van der Waals surface area contributed by atoms with E-state index in [9.17, 15) is 4.79 Å². The number of ether oxygens (including phenoxy) is 2. The number of carbonyl (C=O) groups excluding carboxylic acids is 1. The zero-order chi connectivity index (χ0) is 15.7. The molecule has 1 unspecified atom stereocenters. The molecule has 0 aliphatic heterocycles. The van der Waals surface area contributed by atoms with Crippen LogP contribution in [0.25, 0.3) is 6.08 Å². The zero-order valence-corrected chi connectivity index (χ0v) is 13.1. The number of benzene rings is 1. The van der Waals surface area contributed by atoms with E-state index in [1.54, 1.807) is 6.08 Å². The van der Waals surface area contributed by atoms with Crippen molar-refractivity contribution in [2.45, 2.75) is 33.3 Å². The van der Waals surface area contributed by atoms with Gasteiger partial charge in [-0.3, -0.25) is 4.79 Å². The van der Waals surface area contributed by atoms with Crippen molar-refractivity contribution < 1.29 is 15.7 Å². The fraction of sp³-hybridized carbons (Fsp3) is 0.471. The topological polar surface area (TPSA) is 47.6 Å². The van der Waals surface area contributed by atoms with Crippen molar-refractivity contribution in [1.82, 2.24) is 5.32 Å². The van der Waals surface area contributed by atoms with Gasteiger partial charge in [-0.05, 0) is 31.9 Å². The Bertz CT molecular complexity index is 477. The molecule has 0 saturated heterocycles. The average molecular weight is 293 g/mol. The Morgan fingerprint density at radius 1 is 1.43 bits per heavy atom. The van der Waals surface area contributed by atoms with Gasteiger partial charge in [-0.1, -0.05) is 31.7 Å². The first-order valence-electron chi connectivity index (χ1n) is 7.46. The monoisotopic (exact) mass is 293 g/mol. The van der Waals surface area contributed by atoms with Crippen LogP contribution in [0.2, 0.25) is 0 Å². The molecule has 1 amide bonds. The second kappa shape index (κ2) is 9.19. The van der Waals surface area contributed by atoms with E-state index < -0.39 is 6.10 Å². The highest BCUT2D eigenvalue weighted by molar-refractivity contribution is 5.82.